The van der Waals surface area contributed by atoms with Crippen molar-refractivity contribution in [1.29, 1.82) is 0 Å². The van der Waals surface area contributed by atoms with Crippen molar-refractivity contribution < 1.29 is 18.1 Å². The highest BCUT2D eigenvalue weighted by molar-refractivity contribution is 7.93. The fourth-order valence-corrected chi connectivity index (χ4v) is 4.65. The zero-order chi connectivity index (χ0) is 24.7. The van der Waals surface area contributed by atoms with Crippen LogP contribution in [-0.2, 0) is 21.2 Å². The molecule has 11 nitrogen and oxygen atoms in total. The van der Waals surface area contributed by atoms with E-state index in [1.54, 1.807) is 0 Å². The molecular weight excluding hydrogens is 500 g/mol. The molecule has 0 aliphatic rings. The van der Waals surface area contributed by atoms with Crippen molar-refractivity contribution in [3.8, 4) is 0 Å². The van der Waals surface area contributed by atoms with Crippen LogP contribution in [0.3, 0.4) is 0 Å². The Labute approximate surface area is 204 Å². The highest BCUT2D eigenvalue weighted by atomic mass is 32.2. The summed E-state index contributed by atoms with van der Waals surface area (Å²) < 4.78 is 27.4. The summed E-state index contributed by atoms with van der Waals surface area (Å²) in [7, 11) is -3.83. The predicted molar refractivity (Wildman–Crippen MR) is 133 cm³/mol. The Balaban J connectivity index is 1.54. The smallest absolute Gasteiger partial charge is 0.269 e. The maximum absolute atomic E-state index is 12.5. The Morgan fingerprint density at radius 1 is 1.15 bits per heavy atom. The number of carbonyl (C=O) groups is 1. The third-order valence-electron chi connectivity index (χ3n) is 4.18. The predicted octanol–water partition coefficient (Wildman–Crippen LogP) is 3.34. The molecule has 1 amide bonds. The number of aryl methyl sites for hydroxylation is 1. The van der Waals surface area contributed by atoms with Gasteiger partial charge in [0.25, 0.3) is 15.7 Å². The number of sulfonamides is 1. The lowest BCUT2D eigenvalue weighted by molar-refractivity contribution is -0.384. The molecule has 14 heteroatoms. The van der Waals surface area contributed by atoms with Gasteiger partial charge in [0.2, 0.25) is 11.0 Å². The molecule has 3 rings (SSSR count). The molecule has 0 aliphatic heterocycles. The summed E-state index contributed by atoms with van der Waals surface area (Å²) in [5.74, 6) is -0.511. The van der Waals surface area contributed by atoms with E-state index in [4.69, 9.17) is 12.2 Å². The number of carbonyl (C=O) groups excluding carboxylic acids is 1. The summed E-state index contributed by atoms with van der Waals surface area (Å²) in [6.07, 6.45) is 3.37. The average molecular weight is 519 g/mol. The molecule has 1 aromatic heterocycles. The number of hydrogen-bond donors (Lipinski definition) is 3. The monoisotopic (exact) mass is 518 g/mol. The Morgan fingerprint density at radius 2 is 1.82 bits per heavy atom. The Bertz CT molecular complexity index is 1340. The number of thiocarbonyl (C=S) groups is 1. The van der Waals surface area contributed by atoms with Crippen LogP contribution in [0.1, 0.15) is 17.5 Å². The molecule has 0 spiro atoms. The van der Waals surface area contributed by atoms with Crippen molar-refractivity contribution in [2.45, 2.75) is 18.2 Å². The number of hydrogen-bond acceptors (Lipinski definition) is 9. The summed E-state index contributed by atoms with van der Waals surface area (Å²) in [4.78, 5) is 22.2. The Morgan fingerprint density at radius 3 is 2.41 bits per heavy atom. The molecule has 0 unspecified atom stereocenters. The average Bonchev–Trinajstić information content (AvgIpc) is 3.25. The summed E-state index contributed by atoms with van der Waals surface area (Å²) in [6, 6.07) is 11.4. The fraction of sp³-hybridized carbons (Fsp3) is 0.100. The number of nitrogens with zero attached hydrogens (tertiary/aromatic N) is 3. The van der Waals surface area contributed by atoms with E-state index in [0.29, 0.717) is 17.7 Å². The van der Waals surface area contributed by atoms with E-state index in [2.05, 4.69) is 25.6 Å². The van der Waals surface area contributed by atoms with Crippen LogP contribution in [0, 0.1) is 10.1 Å². The van der Waals surface area contributed by atoms with E-state index in [1.807, 2.05) is 6.92 Å². The van der Waals surface area contributed by atoms with Gasteiger partial charge in [0, 0.05) is 23.9 Å². The first-order valence-electron chi connectivity index (χ1n) is 9.66. The summed E-state index contributed by atoms with van der Waals surface area (Å²) >= 11 is 6.26. The molecule has 2 aromatic carbocycles. The van der Waals surface area contributed by atoms with Crippen molar-refractivity contribution in [2.75, 3.05) is 10.0 Å². The first kappa shape index (κ1) is 24.9. The van der Waals surface area contributed by atoms with Gasteiger partial charge in [-0.05, 0) is 66.7 Å². The van der Waals surface area contributed by atoms with Crippen molar-refractivity contribution >= 4 is 67.2 Å². The summed E-state index contributed by atoms with van der Waals surface area (Å²) in [6.45, 7) is 1.90. The van der Waals surface area contributed by atoms with E-state index < -0.39 is 20.9 Å². The molecule has 0 saturated heterocycles. The SMILES string of the molecule is CCc1nnc(NS(=O)(=O)c2ccc(NC(=S)NC(=O)/C=C/c3ccc([N+](=O)[O-])cc3)cc2)s1. The molecule has 0 atom stereocenters. The van der Waals surface area contributed by atoms with Crippen LogP contribution in [0.15, 0.2) is 59.5 Å². The molecule has 176 valence electrons. The highest BCUT2D eigenvalue weighted by Gasteiger charge is 2.17. The van der Waals surface area contributed by atoms with Gasteiger partial charge >= 0.3 is 0 Å². The zero-order valence-corrected chi connectivity index (χ0v) is 20.0. The number of nitro benzene ring substituents is 1. The number of nitrogens with one attached hydrogen (secondary N) is 3. The van der Waals surface area contributed by atoms with E-state index in [-0.39, 0.29) is 20.8 Å². The van der Waals surface area contributed by atoms with E-state index in [9.17, 15) is 23.3 Å². The Hall–Kier alpha value is -3.75. The van der Waals surface area contributed by atoms with Gasteiger partial charge in [0.1, 0.15) is 5.01 Å². The number of benzene rings is 2. The summed E-state index contributed by atoms with van der Waals surface area (Å²) in [5.41, 5.74) is 1.02. The molecule has 34 heavy (non-hydrogen) atoms. The second kappa shape index (κ2) is 10.9. The van der Waals surface area contributed by atoms with Crippen LogP contribution < -0.4 is 15.4 Å². The molecule has 1 heterocycles. The van der Waals surface area contributed by atoms with Gasteiger partial charge in [0.05, 0.1) is 9.82 Å². The number of non-ortho nitro benzene ring substituents is 1. The van der Waals surface area contributed by atoms with Gasteiger partial charge in [-0.2, -0.15) is 0 Å². The molecule has 0 fully saturated rings. The molecule has 0 aliphatic carbocycles. The minimum absolute atomic E-state index is 0.00744. The van der Waals surface area contributed by atoms with E-state index >= 15 is 0 Å². The standard InChI is InChI=1S/C20H18N6O5S3/c1-2-18-23-24-20(33-18)25-34(30,31)16-10-6-14(7-11-16)21-19(32)22-17(27)12-5-13-3-8-15(9-4-13)26(28)29/h3-12H,2H2,1H3,(H,24,25)(H2,21,22,27,32)/b12-5+. The van der Waals surface area contributed by atoms with Gasteiger partial charge in [-0.25, -0.2) is 8.42 Å². The minimum Gasteiger partial charge on any atom is -0.332 e. The third kappa shape index (κ3) is 6.87. The second-order valence-corrected chi connectivity index (χ2v) is 9.76. The lowest BCUT2D eigenvalue weighted by Crippen LogP contribution is -2.32. The Kier molecular flexibility index (Phi) is 7.99. The quantitative estimate of drug-likeness (QED) is 0.176. The lowest BCUT2D eigenvalue weighted by Gasteiger charge is -2.09. The number of anilines is 2. The molecular formula is C20H18N6O5S3. The third-order valence-corrected chi connectivity index (χ3v) is 6.85. The molecule has 0 bridgehead atoms. The molecule has 3 N–H and O–H groups in total. The number of aromatic nitrogens is 2. The topological polar surface area (TPSA) is 156 Å². The molecule has 3 aromatic rings. The van der Waals surface area contributed by atoms with Gasteiger partial charge in [-0.3, -0.25) is 24.9 Å². The van der Waals surface area contributed by atoms with Gasteiger partial charge < -0.3 is 5.32 Å². The molecule has 0 radical (unpaired) electrons. The number of nitro groups is 1. The van der Waals surface area contributed by atoms with Crippen molar-refractivity contribution in [2.24, 2.45) is 0 Å². The first-order chi connectivity index (χ1) is 16.2. The van der Waals surface area contributed by atoms with Gasteiger partial charge in [-0.15, -0.1) is 10.2 Å². The van der Waals surface area contributed by atoms with Crippen molar-refractivity contribution in [1.82, 2.24) is 15.5 Å². The molecule has 0 saturated carbocycles. The number of rotatable bonds is 8. The zero-order valence-electron chi connectivity index (χ0n) is 17.6. The van der Waals surface area contributed by atoms with E-state index in [1.165, 1.54) is 60.7 Å². The highest BCUT2D eigenvalue weighted by Crippen LogP contribution is 2.21. The fourth-order valence-electron chi connectivity index (χ4n) is 2.52. The largest absolute Gasteiger partial charge is 0.332 e. The first-order valence-corrected chi connectivity index (χ1v) is 12.4. The van der Waals surface area contributed by atoms with Crippen LogP contribution in [-0.4, -0.2) is 34.6 Å². The van der Waals surface area contributed by atoms with Gasteiger partial charge in [0.15, 0.2) is 5.11 Å². The number of amides is 1. The minimum atomic E-state index is -3.83. The van der Waals surface area contributed by atoms with Crippen LogP contribution >= 0.6 is 23.6 Å². The lowest BCUT2D eigenvalue weighted by atomic mass is 10.2. The van der Waals surface area contributed by atoms with Crippen LogP contribution in [0.4, 0.5) is 16.5 Å². The van der Waals surface area contributed by atoms with Crippen molar-refractivity contribution in [3.63, 3.8) is 0 Å². The van der Waals surface area contributed by atoms with Crippen LogP contribution in [0.2, 0.25) is 0 Å². The van der Waals surface area contributed by atoms with Gasteiger partial charge in [-0.1, -0.05) is 18.3 Å². The van der Waals surface area contributed by atoms with Crippen LogP contribution in [0.5, 0.6) is 0 Å². The maximum Gasteiger partial charge on any atom is 0.269 e. The second-order valence-electron chi connectivity index (χ2n) is 6.61. The van der Waals surface area contributed by atoms with Crippen molar-refractivity contribution in [3.05, 3.63) is 75.3 Å². The van der Waals surface area contributed by atoms with Crippen LogP contribution in [0.25, 0.3) is 6.08 Å². The van der Waals surface area contributed by atoms with E-state index in [0.717, 1.165) is 16.3 Å². The summed E-state index contributed by atoms with van der Waals surface area (Å²) in [5, 5.41) is 24.5. The normalized spacial score (nSPS) is 11.2. The maximum atomic E-state index is 12.5.